The lowest BCUT2D eigenvalue weighted by Gasteiger charge is -2.05. The zero-order chi connectivity index (χ0) is 28.8. The summed E-state index contributed by atoms with van der Waals surface area (Å²) in [4.78, 5) is 79.9. The summed E-state index contributed by atoms with van der Waals surface area (Å²) in [6, 6.07) is 6.53. The molecule has 0 aliphatic heterocycles. The summed E-state index contributed by atoms with van der Waals surface area (Å²) in [5.41, 5.74) is -1.28. The third-order valence-electron chi connectivity index (χ3n) is 6.03. The lowest BCUT2D eigenvalue weighted by Crippen LogP contribution is -2.31. The summed E-state index contributed by atoms with van der Waals surface area (Å²) in [5, 5.41) is 0. The maximum atomic E-state index is 12.3. The van der Waals surface area contributed by atoms with E-state index in [1.807, 2.05) is 0 Å². The van der Waals surface area contributed by atoms with E-state index >= 15 is 0 Å². The SMILES string of the molecule is Cc1cn(CCC(=O)Cc2ccc(C=Nc3ccc(CC(=O)CCn4cc(C)c(=O)[nH]c4=O)o3)o2)c(=O)[nH]c1=O. The van der Waals surface area contributed by atoms with Crippen LogP contribution in [-0.4, -0.2) is 36.9 Å². The number of carbonyl (C=O) groups excluding carboxylic acids is 2. The summed E-state index contributed by atoms with van der Waals surface area (Å²) in [6.45, 7) is 3.43. The molecule has 0 radical (unpaired) electrons. The number of H-pyrrole nitrogens is 2. The highest BCUT2D eigenvalue weighted by Gasteiger charge is 2.11. The Morgan fingerprint density at radius 2 is 1.27 bits per heavy atom. The fraction of sp³-hybridized carbons (Fsp3) is 0.296. The lowest BCUT2D eigenvalue weighted by molar-refractivity contribution is -0.119. The van der Waals surface area contributed by atoms with Gasteiger partial charge in [-0.1, -0.05) is 0 Å². The zero-order valence-corrected chi connectivity index (χ0v) is 21.9. The number of aliphatic imine (C=N–C) groups is 1. The van der Waals surface area contributed by atoms with E-state index in [2.05, 4.69) is 15.0 Å². The third kappa shape index (κ3) is 7.28. The van der Waals surface area contributed by atoms with Crippen LogP contribution in [-0.2, 0) is 35.5 Å². The molecule has 0 aliphatic rings. The van der Waals surface area contributed by atoms with Crippen LogP contribution in [0.3, 0.4) is 0 Å². The smallest absolute Gasteiger partial charge is 0.328 e. The van der Waals surface area contributed by atoms with Crippen molar-refractivity contribution in [1.29, 1.82) is 0 Å². The molecule has 0 saturated heterocycles. The van der Waals surface area contributed by atoms with E-state index in [0.29, 0.717) is 28.4 Å². The van der Waals surface area contributed by atoms with Gasteiger partial charge in [-0.3, -0.25) is 38.3 Å². The molecule has 208 valence electrons. The number of aromatic amines is 2. The van der Waals surface area contributed by atoms with Gasteiger partial charge >= 0.3 is 11.4 Å². The Balaban J connectivity index is 1.26. The molecule has 0 aliphatic carbocycles. The van der Waals surface area contributed by atoms with Gasteiger partial charge in [0, 0.05) is 55.5 Å². The summed E-state index contributed by atoms with van der Waals surface area (Å²) >= 11 is 0. The van der Waals surface area contributed by atoms with Gasteiger partial charge in [0.25, 0.3) is 11.1 Å². The Morgan fingerprint density at radius 3 is 1.82 bits per heavy atom. The highest BCUT2D eigenvalue weighted by Crippen LogP contribution is 2.18. The van der Waals surface area contributed by atoms with E-state index in [1.54, 1.807) is 38.1 Å². The van der Waals surface area contributed by atoms with Crippen LogP contribution in [0.2, 0.25) is 0 Å². The second-order valence-corrected chi connectivity index (χ2v) is 9.26. The first-order valence-electron chi connectivity index (χ1n) is 12.4. The van der Waals surface area contributed by atoms with Gasteiger partial charge in [-0.05, 0) is 32.0 Å². The molecule has 0 saturated carbocycles. The fourth-order valence-corrected chi connectivity index (χ4v) is 3.84. The van der Waals surface area contributed by atoms with E-state index in [1.165, 1.54) is 27.7 Å². The van der Waals surface area contributed by atoms with Gasteiger partial charge in [0.2, 0.25) is 5.88 Å². The standard InChI is InChI=1S/C27H27N5O8/c1-16-14-31(26(37)29-24(16)35)9-7-18(33)11-20-3-4-22(39-20)13-28-23-6-5-21(40-23)12-19(34)8-10-32-15-17(2)25(36)30-27(32)38/h3-6,13-15H,7-12H2,1-2H3,(H,29,35,37)(H,30,36,38). The number of aromatic nitrogens is 4. The number of carbonyl (C=O) groups is 2. The normalized spacial score (nSPS) is 11.3. The number of rotatable bonds is 12. The van der Waals surface area contributed by atoms with Crippen molar-refractivity contribution in [3.63, 3.8) is 0 Å². The molecular formula is C27H27N5O8. The van der Waals surface area contributed by atoms with Crippen molar-refractivity contribution in [2.24, 2.45) is 4.99 Å². The van der Waals surface area contributed by atoms with Gasteiger partial charge in [-0.15, -0.1) is 0 Å². The Morgan fingerprint density at radius 1 is 0.775 bits per heavy atom. The first-order valence-corrected chi connectivity index (χ1v) is 12.4. The van der Waals surface area contributed by atoms with Crippen molar-refractivity contribution in [1.82, 2.24) is 19.1 Å². The Kier molecular flexibility index (Phi) is 8.52. The molecule has 0 spiro atoms. The van der Waals surface area contributed by atoms with Crippen LogP contribution in [0.4, 0.5) is 5.88 Å². The third-order valence-corrected chi connectivity index (χ3v) is 6.03. The molecule has 0 amide bonds. The summed E-state index contributed by atoms with van der Waals surface area (Å²) in [6.07, 6.45) is 4.48. The topological polar surface area (TPSA) is 182 Å². The number of nitrogens with one attached hydrogen (secondary N) is 2. The Hall–Kier alpha value is -5.07. The van der Waals surface area contributed by atoms with Gasteiger partial charge in [-0.25, -0.2) is 14.6 Å². The van der Waals surface area contributed by atoms with Gasteiger partial charge in [0.15, 0.2) is 0 Å². The van der Waals surface area contributed by atoms with Crippen molar-refractivity contribution in [3.05, 3.63) is 107 Å². The van der Waals surface area contributed by atoms with Gasteiger partial charge in [-0.2, -0.15) is 0 Å². The number of ketones is 2. The second kappa shape index (κ2) is 12.2. The average Bonchev–Trinajstić information content (AvgIpc) is 3.54. The maximum absolute atomic E-state index is 12.3. The van der Waals surface area contributed by atoms with Crippen molar-refractivity contribution < 1.29 is 18.4 Å². The first kappa shape index (κ1) is 28.0. The molecule has 4 aromatic rings. The van der Waals surface area contributed by atoms with Gasteiger partial charge < -0.3 is 8.83 Å². The Bertz CT molecular complexity index is 1680. The van der Waals surface area contributed by atoms with Crippen molar-refractivity contribution in [2.75, 3.05) is 0 Å². The molecule has 0 fully saturated rings. The quantitative estimate of drug-likeness (QED) is 0.248. The summed E-state index contributed by atoms with van der Waals surface area (Å²) < 4.78 is 13.8. The van der Waals surface area contributed by atoms with E-state index in [0.717, 1.165) is 0 Å². The van der Waals surface area contributed by atoms with Gasteiger partial charge in [0.05, 0.1) is 19.1 Å². The zero-order valence-electron chi connectivity index (χ0n) is 21.9. The average molecular weight is 550 g/mol. The highest BCUT2D eigenvalue weighted by molar-refractivity contribution is 5.82. The highest BCUT2D eigenvalue weighted by atomic mass is 16.4. The van der Waals surface area contributed by atoms with Crippen molar-refractivity contribution >= 4 is 23.7 Å². The van der Waals surface area contributed by atoms with Crippen LogP contribution >= 0.6 is 0 Å². The van der Waals surface area contributed by atoms with Crippen LogP contribution in [0.15, 0.2) is 69.7 Å². The molecule has 2 N–H and O–H groups in total. The van der Waals surface area contributed by atoms with E-state index in [9.17, 15) is 28.8 Å². The maximum Gasteiger partial charge on any atom is 0.328 e. The van der Waals surface area contributed by atoms with Crippen LogP contribution < -0.4 is 22.5 Å². The molecule has 4 aromatic heterocycles. The number of hydrogen-bond acceptors (Lipinski definition) is 9. The van der Waals surface area contributed by atoms with Crippen LogP contribution in [0.5, 0.6) is 0 Å². The van der Waals surface area contributed by atoms with Gasteiger partial charge in [0.1, 0.15) is 28.8 Å². The van der Waals surface area contributed by atoms with E-state index in [4.69, 9.17) is 8.83 Å². The second-order valence-electron chi connectivity index (χ2n) is 9.26. The molecule has 13 heteroatoms. The predicted molar refractivity (Wildman–Crippen MR) is 143 cm³/mol. The minimum absolute atomic E-state index is 0.0182. The number of hydrogen-bond donors (Lipinski definition) is 2. The van der Waals surface area contributed by atoms with E-state index < -0.39 is 22.5 Å². The molecule has 0 bridgehead atoms. The Labute approximate surface area is 225 Å². The number of nitrogens with zero attached hydrogens (tertiary/aromatic N) is 3. The summed E-state index contributed by atoms with van der Waals surface area (Å²) in [5.74, 6) is 1.19. The number of furan rings is 2. The minimum Gasteiger partial charge on any atom is -0.460 e. The molecule has 4 heterocycles. The molecule has 4 rings (SSSR count). The fourth-order valence-electron chi connectivity index (χ4n) is 3.84. The summed E-state index contributed by atoms with van der Waals surface area (Å²) in [7, 11) is 0. The van der Waals surface area contributed by atoms with Crippen molar-refractivity contribution in [2.45, 2.75) is 52.6 Å². The molecule has 0 unspecified atom stereocenters. The van der Waals surface area contributed by atoms with Crippen LogP contribution in [0, 0.1) is 13.8 Å². The molecule has 0 atom stereocenters. The van der Waals surface area contributed by atoms with Crippen molar-refractivity contribution in [3.8, 4) is 0 Å². The lowest BCUT2D eigenvalue weighted by atomic mass is 10.2. The minimum atomic E-state index is -0.568. The number of Topliss-reactive ketones (excluding diaryl/α,β-unsaturated/α-hetero) is 2. The molecular weight excluding hydrogens is 522 g/mol. The van der Waals surface area contributed by atoms with E-state index in [-0.39, 0.29) is 56.2 Å². The molecule has 40 heavy (non-hydrogen) atoms. The predicted octanol–water partition coefficient (Wildman–Crippen LogP) is 1.34. The molecule has 0 aromatic carbocycles. The largest absolute Gasteiger partial charge is 0.460 e. The number of aryl methyl sites for hydroxylation is 4. The van der Waals surface area contributed by atoms with Crippen LogP contribution in [0.1, 0.15) is 41.2 Å². The first-order chi connectivity index (χ1) is 19.1. The monoisotopic (exact) mass is 549 g/mol. The van der Waals surface area contributed by atoms with Crippen LogP contribution in [0.25, 0.3) is 0 Å². The molecule has 13 nitrogen and oxygen atoms in total.